The average molecular weight is 390 g/mol. The molecule has 2 amide bonds. The Kier molecular flexibility index (Phi) is 5.63. The van der Waals surface area contributed by atoms with E-state index < -0.39 is 17.2 Å². The molecule has 28 heavy (non-hydrogen) atoms. The molecule has 2 aliphatic rings. The van der Waals surface area contributed by atoms with Crippen molar-refractivity contribution in [1.82, 2.24) is 15.2 Å². The van der Waals surface area contributed by atoms with Crippen molar-refractivity contribution in [2.75, 3.05) is 38.7 Å². The van der Waals surface area contributed by atoms with Gasteiger partial charge in [0.15, 0.2) is 0 Å². The lowest BCUT2D eigenvalue weighted by Crippen LogP contribution is -2.64. The molecule has 1 aromatic rings. The van der Waals surface area contributed by atoms with E-state index in [0.29, 0.717) is 43.7 Å². The lowest BCUT2D eigenvalue weighted by Gasteiger charge is -2.51. The van der Waals surface area contributed by atoms with Gasteiger partial charge in [-0.3, -0.25) is 9.59 Å². The monoisotopic (exact) mass is 390 g/mol. The second-order valence-corrected chi connectivity index (χ2v) is 8.33. The number of aromatic nitrogens is 1. The van der Waals surface area contributed by atoms with Crippen LogP contribution < -0.4 is 10.2 Å². The number of hydrogen-bond acceptors (Lipinski definition) is 6. The lowest BCUT2D eigenvalue weighted by atomic mass is 9.75. The minimum absolute atomic E-state index is 0.0655. The third-order valence-corrected chi connectivity index (χ3v) is 5.87. The molecule has 1 aromatic heterocycles. The van der Waals surface area contributed by atoms with Crippen molar-refractivity contribution in [2.45, 2.75) is 50.4 Å². The Balaban J connectivity index is 1.68. The molecule has 2 N–H and O–H groups in total. The highest BCUT2D eigenvalue weighted by Crippen LogP contribution is 2.39. The second-order valence-electron chi connectivity index (χ2n) is 8.33. The first-order valence-electron chi connectivity index (χ1n) is 9.69. The Morgan fingerprint density at radius 1 is 1.36 bits per heavy atom. The number of likely N-dealkylation sites (tertiary alicyclic amines) is 1. The predicted molar refractivity (Wildman–Crippen MR) is 105 cm³/mol. The first-order chi connectivity index (χ1) is 13.1. The van der Waals surface area contributed by atoms with E-state index in [2.05, 4.69) is 10.3 Å². The number of carbonyl (C=O) groups is 2. The highest BCUT2D eigenvalue weighted by atomic mass is 16.5. The van der Waals surface area contributed by atoms with Crippen LogP contribution in [-0.4, -0.2) is 77.8 Å². The molecule has 1 spiro atoms. The van der Waals surface area contributed by atoms with E-state index >= 15 is 0 Å². The van der Waals surface area contributed by atoms with Crippen LogP contribution in [0.4, 0.5) is 5.82 Å². The van der Waals surface area contributed by atoms with Crippen LogP contribution in [0.1, 0.15) is 43.5 Å². The summed E-state index contributed by atoms with van der Waals surface area (Å²) in [7, 11) is 3.66. The van der Waals surface area contributed by atoms with Gasteiger partial charge in [0.05, 0.1) is 29.4 Å². The van der Waals surface area contributed by atoms with E-state index in [4.69, 9.17) is 4.74 Å². The zero-order chi connectivity index (χ0) is 20.5. The number of carbonyl (C=O) groups excluding carboxylic acids is 2. The highest BCUT2D eigenvalue weighted by Gasteiger charge is 2.49. The van der Waals surface area contributed by atoms with Gasteiger partial charge in [-0.1, -0.05) is 0 Å². The molecule has 2 fully saturated rings. The minimum Gasteiger partial charge on any atom is -0.388 e. The van der Waals surface area contributed by atoms with Crippen LogP contribution >= 0.6 is 0 Å². The fraction of sp³-hybridized carbons (Fsp3) is 0.650. The van der Waals surface area contributed by atoms with Gasteiger partial charge in [-0.2, -0.15) is 0 Å². The molecule has 3 rings (SSSR count). The molecule has 0 aromatic carbocycles. The molecular formula is C20H30N4O4. The van der Waals surface area contributed by atoms with Gasteiger partial charge in [0.2, 0.25) is 5.91 Å². The summed E-state index contributed by atoms with van der Waals surface area (Å²) >= 11 is 0. The molecule has 3 heterocycles. The van der Waals surface area contributed by atoms with Crippen molar-refractivity contribution >= 4 is 17.6 Å². The number of nitrogens with zero attached hydrogens (tertiary/aromatic N) is 3. The summed E-state index contributed by atoms with van der Waals surface area (Å²) in [5.41, 5.74) is -1.09. The van der Waals surface area contributed by atoms with E-state index in [0.717, 1.165) is 0 Å². The molecule has 154 valence electrons. The molecule has 0 bridgehead atoms. The van der Waals surface area contributed by atoms with E-state index in [-0.39, 0.29) is 18.4 Å². The Bertz CT molecular complexity index is 741. The largest absolute Gasteiger partial charge is 0.388 e. The molecule has 2 aliphatic heterocycles. The molecule has 0 unspecified atom stereocenters. The number of rotatable bonds is 3. The number of pyridine rings is 1. The van der Waals surface area contributed by atoms with Gasteiger partial charge in [0, 0.05) is 46.7 Å². The number of ether oxygens (including phenoxy) is 1. The van der Waals surface area contributed by atoms with Crippen LogP contribution in [0.5, 0.6) is 0 Å². The minimum atomic E-state index is -1.10. The zero-order valence-electron chi connectivity index (χ0n) is 17.1. The summed E-state index contributed by atoms with van der Waals surface area (Å²) in [5.74, 6) is 0.355. The maximum absolute atomic E-state index is 12.8. The van der Waals surface area contributed by atoms with Crippen molar-refractivity contribution in [1.29, 1.82) is 0 Å². The fourth-order valence-corrected chi connectivity index (χ4v) is 4.18. The fourth-order valence-electron chi connectivity index (χ4n) is 4.18. The Labute approximate surface area is 165 Å². The zero-order valence-corrected chi connectivity index (χ0v) is 17.1. The van der Waals surface area contributed by atoms with E-state index in [9.17, 15) is 14.7 Å². The quantitative estimate of drug-likeness (QED) is 0.793. The van der Waals surface area contributed by atoms with Gasteiger partial charge in [0.25, 0.3) is 5.91 Å². The van der Waals surface area contributed by atoms with E-state index in [1.165, 1.54) is 0 Å². The number of anilines is 1. The van der Waals surface area contributed by atoms with E-state index in [1.807, 2.05) is 19.0 Å². The van der Waals surface area contributed by atoms with Gasteiger partial charge in [0.1, 0.15) is 5.82 Å². The number of nitrogens with one attached hydrogen (secondary N) is 1. The van der Waals surface area contributed by atoms with Crippen LogP contribution in [0.15, 0.2) is 18.3 Å². The number of amides is 2. The molecule has 0 aliphatic carbocycles. The van der Waals surface area contributed by atoms with Crippen molar-refractivity contribution in [3.63, 3.8) is 0 Å². The first kappa shape index (κ1) is 20.5. The molecule has 8 nitrogen and oxygen atoms in total. The number of aliphatic hydroxyl groups is 1. The van der Waals surface area contributed by atoms with Crippen LogP contribution in [0.25, 0.3) is 0 Å². The SMILES string of the molecule is CC(=O)N1CCC2(CC1)C[C@](C)(O)[C@@H](NC(=O)c1cccnc1N(C)C)CO2. The smallest absolute Gasteiger partial charge is 0.255 e. The van der Waals surface area contributed by atoms with Crippen LogP contribution in [0.3, 0.4) is 0 Å². The van der Waals surface area contributed by atoms with Gasteiger partial charge < -0.3 is 25.0 Å². The molecule has 0 radical (unpaired) electrons. The maximum atomic E-state index is 12.8. The number of hydrogen-bond donors (Lipinski definition) is 2. The predicted octanol–water partition coefficient (Wildman–Crippen LogP) is 0.798. The third-order valence-electron chi connectivity index (χ3n) is 5.87. The van der Waals surface area contributed by atoms with Crippen LogP contribution in [-0.2, 0) is 9.53 Å². The van der Waals surface area contributed by atoms with Crippen molar-refractivity contribution in [2.24, 2.45) is 0 Å². The highest BCUT2D eigenvalue weighted by molar-refractivity contribution is 5.99. The Morgan fingerprint density at radius 2 is 2.04 bits per heavy atom. The molecule has 2 saturated heterocycles. The average Bonchev–Trinajstić information content (AvgIpc) is 2.64. The Morgan fingerprint density at radius 3 is 2.61 bits per heavy atom. The normalized spacial score (nSPS) is 26.8. The second kappa shape index (κ2) is 7.67. The van der Waals surface area contributed by atoms with Crippen molar-refractivity contribution in [3.8, 4) is 0 Å². The van der Waals surface area contributed by atoms with Crippen LogP contribution in [0.2, 0.25) is 0 Å². The summed E-state index contributed by atoms with van der Waals surface area (Å²) in [6.45, 7) is 4.81. The van der Waals surface area contributed by atoms with Gasteiger partial charge in [-0.15, -0.1) is 0 Å². The molecule has 0 saturated carbocycles. The lowest BCUT2D eigenvalue weighted by molar-refractivity contribution is -0.187. The van der Waals surface area contributed by atoms with Gasteiger partial charge >= 0.3 is 0 Å². The summed E-state index contributed by atoms with van der Waals surface area (Å²) in [6, 6.07) is 2.91. The van der Waals surface area contributed by atoms with Crippen molar-refractivity contribution < 1.29 is 19.4 Å². The van der Waals surface area contributed by atoms with Gasteiger partial charge in [-0.25, -0.2) is 4.98 Å². The topological polar surface area (TPSA) is 95.0 Å². The number of piperidine rings is 1. The summed E-state index contributed by atoms with van der Waals surface area (Å²) in [5, 5.41) is 14.0. The summed E-state index contributed by atoms with van der Waals surface area (Å²) in [6.07, 6.45) is 3.45. The Hall–Kier alpha value is -2.19. The summed E-state index contributed by atoms with van der Waals surface area (Å²) in [4.78, 5) is 32.2. The first-order valence-corrected chi connectivity index (χ1v) is 9.69. The third kappa shape index (κ3) is 4.12. The summed E-state index contributed by atoms with van der Waals surface area (Å²) < 4.78 is 6.16. The van der Waals surface area contributed by atoms with Gasteiger partial charge in [-0.05, 0) is 31.9 Å². The molecule has 2 atom stereocenters. The van der Waals surface area contributed by atoms with E-state index in [1.54, 1.807) is 37.1 Å². The standard InChI is InChI=1S/C20H30N4O4/c1-14(25)24-10-7-20(8-11-24)13-19(2,27)16(12-28-20)22-18(26)15-6-5-9-21-17(15)23(3)4/h5-6,9,16,27H,7-8,10-13H2,1-4H3,(H,22,26)/t16-,19-/m0/s1. The maximum Gasteiger partial charge on any atom is 0.255 e. The molecule has 8 heteroatoms. The van der Waals surface area contributed by atoms with Crippen molar-refractivity contribution in [3.05, 3.63) is 23.9 Å². The molecular weight excluding hydrogens is 360 g/mol. The van der Waals surface area contributed by atoms with Crippen LogP contribution in [0, 0.1) is 0 Å².